The second-order valence-corrected chi connectivity index (χ2v) is 4.12. The highest BCUT2D eigenvalue weighted by molar-refractivity contribution is 5.47. The molecule has 0 heterocycles. The molecule has 96 valence electrons. The lowest BCUT2D eigenvalue weighted by molar-refractivity contribution is 0.181. The predicted octanol–water partition coefficient (Wildman–Crippen LogP) is 2.02. The highest BCUT2D eigenvalue weighted by Crippen LogP contribution is 2.18. The second-order valence-electron chi connectivity index (χ2n) is 4.12. The Morgan fingerprint density at radius 3 is 2.53 bits per heavy atom. The standard InChI is InChI=1S/C13H21FN2O/c1-11(10-17-2)16(9-3-8-15)13-6-4-12(14)5-7-13/h4-7,11H,3,8-10,15H2,1-2H3. The summed E-state index contributed by atoms with van der Waals surface area (Å²) in [4.78, 5) is 2.19. The molecule has 1 aromatic rings. The van der Waals surface area contributed by atoms with Crippen LogP contribution < -0.4 is 10.6 Å². The van der Waals surface area contributed by atoms with E-state index < -0.39 is 0 Å². The summed E-state index contributed by atoms with van der Waals surface area (Å²) in [5.74, 6) is -0.216. The normalized spacial score (nSPS) is 12.5. The number of hydrogen-bond acceptors (Lipinski definition) is 3. The van der Waals surface area contributed by atoms with Crippen LogP contribution in [-0.2, 0) is 4.74 Å². The van der Waals surface area contributed by atoms with E-state index in [1.165, 1.54) is 12.1 Å². The highest BCUT2D eigenvalue weighted by atomic mass is 19.1. The largest absolute Gasteiger partial charge is 0.383 e. The summed E-state index contributed by atoms with van der Waals surface area (Å²) >= 11 is 0. The number of nitrogens with two attached hydrogens (primary N) is 1. The van der Waals surface area contributed by atoms with Gasteiger partial charge in [-0.25, -0.2) is 4.39 Å². The van der Waals surface area contributed by atoms with E-state index in [2.05, 4.69) is 11.8 Å². The van der Waals surface area contributed by atoms with Crippen LogP contribution in [0.4, 0.5) is 10.1 Å². The van der Waals surface area contributed by atoms with Crippen molar-refractivity contribution in [3.05, 3.63) is 30.1 Å². The van der Waals surface area contributed by atoms with Crippen LogP contribution in [0.2, 0.25) is 0 Å². The molecule has 3 nitrogen and oxygen atoms in total. The summed E-state index contributed by atoms with van der Waals surface area (Å²) in [6, 6.07) is 6.78. The summed E-state index contributed by atoms with van der Waals surface area (Å²) in [5.41, 5.74) is 6.54. The van der Waals surface area contributed by atoms with Crippen LogP contribution in [0.3, 0.4) is 0 Å². The molecule has 1 rings (SSSR count). The molecule has 0 saturated carbocycles. The molecule has 2 N–H and O–H groups in total. The maximum absolute atomic E-state index is 12.9. The van der Waals surface area contributed by atoms with Crippen LogP contribution in [0.1, 0.15) is 13.3 Å². The average molecular weight is 240 g/mol. The maximum atomic E-state index is 12.9. The van der Waals surface area contributed by atoms with E-state index in [-0.39, 0.29) is 11.9 Å². The number of rotatable bonds is 7. The van der Waals surface area contributed by atoms with E-state index in [9.17, 15) is 4.39 Å². The number of hydrogen-bond donors (Lipinski definition) is 1. The third-order valence-electron chi connectivity index (χ3n) is 2.70. The third-order valence-corrected chi connectivity index (χ3v) is 2.70. The Kier molecular flexibility index (Phi) is 5.94. The smallest absolute Gasteiger partial charge is 0.123 e. The molecule has 0 bridgehead atoms. The summed E-state index contributed by atoms with van der Waals surface area (Å²) in [5, 5.41) is 0. The summed E-state index contributed by atoms with van der Waals surface area (Å²) in [7, 11) is 1.68. The minimum Gasteiger partial charge on any atom is -0.383 e. The van der Waals surface area contributed by atoms with Crippen molar-refractivity contribution >= 4 is 5.69 Å². The van der Waals surface area contributed by atoms with Gasteiger partial charge in [0.2, 0.25) is 0 Å². The zero-order valence-electron chi connectivity index (χ0n) is 10.5. The zero-order chi connectivity index (χ0) is 12.7. The zero-order valence-corrected chi connectivity index (χ0v) is 10.5. The van der Waals surface area contributed by atoms with Gasteiger partial charge in [0.25, 0.3) is 0 Å². The van der Waals surface area contributed by atoms with Crippen LogP contribution in [0, 0.1) is 5.82 Å². The predicted molar refractivity (Wildman–Crippen MR) is 68.8 cm³/mol. The monoisotopic (exact) mass is 240 g/mol. The Morgan fingerprint density at radius 1 is 1.35 bits per heavy atom. The Balaban J connectivity index is 2.77. The molecule has 1 aromatic carbocycles. The van der Waals surface area contributed by atoms with E-state index in [1.807, 2.05) is 0 Å². The number of anilines is 1. The highest BCUT2D eigenvalue weighted by Gasteiger charge is 2.13. The van der Waals surface area contributed by atoms with Gasteiger partial charge in [-0.15, -0.1) is 0 Å². The van der Waals surface area contributed by atoms with E-state index in [4.69, 9.17) is 10.5 Å². The fraction of sp³-hybridized carbons (Fsp3) is 0.538. The quantitative estimate of drug-likeness (QED) is 0.792. The van der Waals surface area contributed by atoms with E-state index >= 15 is 0 Å². The molecule has 0 aliphatic heterocycles. The van der Waals surface area contributed by atoms with Crippen molar-refractivity contribution in [3.63, 3.8) is 0 Å². The van der Waals surface area contributed by atoms with Crippen molar-refractivity contribution in [3.8, 4) is 0 Å². The van der Waals surface area contributed by atoms with Crippen LogP contribution in [0.15, 0.2) is 24.3 Å². The van der Waals surface area contributed by atoms with Gasteiger partial charge in [-0.3, -0.25) is 0 Å². The minimum atomic E-state index is -0.216. The van der Waals surface area contributed by atoms with E-state index in [1.54, 1.807) is 19.2 Å². The summed E-state index contributed by atoms with van der Waals surface area (Å²) < 4.78 is 18.1. The topological polar surface area (TPSA) is 38.5 Å². The number of ether oxygens (including phenoxy) is 1. The molecular weight excluding hydrogens is 219 g/mol. The van der Waals surface area contributed by atoms with Gasteiger partial charge in [-0.05, 0) is 44.2 Å². The second kappa shape index (κ2) is 7.25. The van der Waals surface area contributed by atoms with Crippen molar-refractivity contribution in [2.75, 3.05) is 31.7 Å². The van der Waals surface area contributed by atoms with Crippen molar-refractivity contribution in [2.45, 2.75) is 19.4 Å². The molecule has 0 amide bonds. The van der Waals surface area contributed by atoms with E-state index in [0.29, 0.717) is 13.2 Å². The van der Waals surface area contributed by atoms with Crippen LogP contribution >= 0.6 is 0 Å². The third kappa shape index (κ3) is 4.32. The number of halogens is 1. The molecule has 0 aliphatic carbocycles. The molecule has 0 saturated heterocycles. The fourth-order valence-electron chi connectivity index (χ4n) is 1.83. The van der Waals surface area contributed by atoms with Gasteiger partial charge in [0, 0.05) is 25.4 Å². The van der Waals surface area contributed by atoms with Gasteiger partial charge in [0.15, 0.2) is 0 Å². The van der Waals surface area contributed by atoms with Gasteiger partial charge in [-0.2, -0.15) is 0 Å². The van der Waals surface area contributed by atoms with Gasteiger partial charge in [0.1, 0.15) is 5.82 Å². The minimum absolute atomic E-state index is 0.216. The van der Waals surface area contributed by atoms with Crippen molar-refractivity contribution in [1.82, 2.24) is 0 Å². The van der Waals surface area contributed by atoms with Crippen molar-refractivity contribution in [1.29, 1.82) is 0 Å². The molecule has 0 aromatic heterocycles. The number of benzene rings is 1. The Hall–Kier alpha value is -1.13. The van der Waals surface area contributed by atoms with Crippen LogP contribution in [0.25, 0.3) is 0 Å². The Bertz CT molecular complexity index is 316. The molecule has 17 heavy (non-hydrogen) atoms. The average Bonchev–Trinajstić information content (AvgIpc) is 2.32. The van der Waals surface area contributed by atoms with Gasteiger partial charge in [0.05, 0.1) is 6.61 Å². The van der Waals surface area contributed by atoms with E-state index in [0.717, 1.165) is 18.7 Å². The number of nitrogens with zero attached hydrogens (tertiary/aromatic N) is 1. The van der Waals surface area contributed by atoms with Gasteiger partial charge < -0.3 is 15.4 Å². The lowest BCUT2D eigenvalue weighted by Crippen LogP contribution is -2.37. The Morgan fingerprint density at radius 2 is 2.00 bits per heavy atom. The van der Waals surface area contributed by atoms with Crippen molar-refractivity contribution < 1.29 is 9.13 Å². The first-order valence-corrected chi connectivity index (χ1v) is 5.90. The first-order chi connectivity index (χ1) is 8.19. The van der Waals surface area contributed by atoms with Crippen molar-refractivity contribution in [2.24, 2.45) is 5.73 Å². The molecule has 1 atom stereocenters. The summed E-state index contributed by atoms with van der Waals surface area (Å²) in [6.45, 7) is 4.23. The summed E-state index contributed by atoms with van der Waals surface area (Å²) in [6.07, 6.45) is 0.908. The molecule has 0 radical (unpaired) electrons. The molecule has 4 heteroatoms. The SMILES string of the molecule is COCC(C)N(CCCN)c1ccc(F)cc1. The van der Waals surface area contributed by atoms with Gasteiger partial charge in [-0.1, -0.05) is 0 Å². The molecule has 1 unspecified atom stereocenters. The van der Waals surface area contributed by atoms with Crippen LogP contribution in [0.5, 0.6) is 0 Å². The Labute approximate surface area is 102 Å². The first-order valence-electron chi connectivity index (χ1n) is 5.90. The number of methoxy groups -OCH3 is 1. The fourth-order valence-corrected chi connectivity index (χ4v) is 1.83. The molecule has 0 aliphatic rings. The lowest BCUT2D eigenvalue weighted by Gasteiger charge is -2.31. The molecule has 0 fully saturated rings. The van der Waals surface area contributed by atoms with Crippen LogP contribution in [-0.4, -0.2) is 32.8 Å². The van der Waals surface area contributed by atoms with Gasteiger partial charge >= 0.3 is 0 Å². The molecular formula is C13H21FN2O. The lowest BCUT2D eigenvalue weighted by atomic mass is 10.2. The molecule has 0 spiro atoms. The first kappa shape index (κ1) is 13.9. The maximum Gasteiger partial charge on any atom is 0.123 e.